The quantitative estimate of drug-likeness (QED) is 0.468. The third-order valence-electron chi connectivity index (χ3n) is 5.43. The molecule has 0 radical (unpaired) electrons. The molecule has 4 rings (SSSR count). The smallest absolute Gasteiger partial charge is 0.262 e. The number of sulfonamides is 1. The van der Waals surface area contributed by atoms with E-state index < -0.39 is 10.0 Å². The molecule has 0 aromatic heterocycles. The van der Waals surface area contributed by atoms with Crippen LogP contribution in [0.4, 0.5) is 5.69 Å². The summed E-state index contributed by atoms with van der Waals surface area (Å²) < 4.78 is 33.2. The number of methoxy groups -OCH3 is 1. The Morgan fingerprint density at radius 1 is 1.00 bits per heavy atom. The maximum atomic E-state index is 12.8. The number of rotatable bonds is 9. The summed E-state index contributed by atoms with van der Waals surface area (Å²) in [7, 11) is -2.29. The second-order valence-corrected chi connectivity index (χ2v) is 9.57. The summed E-state index contributed by atoms with van der Waals surface area (Å²) in [6, 6.07) is 23.4. The highest BCUT2D eigenvalue weighted by Gasteiger charge is 2.31. The van der Waals surface area contributed by atoms with E-state index in [4.69, 9.17) is 4.74 Å². The normalized spacial score (nSPS) is 13.6. The monoisotopic (exact) mass is 462 g/mol. The summed E-state index contributed by atoms with van der Waals surface area (Å²) >= 11 is 0. The molecule has 0 atom stereocenters. The Morgan fingerprint density at radius 2 is 1.67 bits per heavy atom. The van der Waals surface area contributed by atoms with Crippen LogP contribution in [0.5, 0.6) is 5.75 Å². The summed E-state index contributed by atoms with van der Waals surface area (Å²) in [5.74, 6) is 0.394. The fourth-order valence-corrected chi connectivity index (χ4v) is 4.58. The molecule has 6 nitrogen and oxygen atoms in total. The summed E-state index contributed by atoms with van der Waals surface area (Å²) in [5.41, 5.74) is 2.21. The number of amides is 1. The van der Waals surface area contributed by atoms with E-state index in [1.54, 1.807) is 48.6 Å². The van der Waals surface area contributed by atoms with Gasteiger partial charge in [-0.15, -0.1) is 0 Å². The van der Waals surface area contributed by atoms with E-state index in [-0.39, 0.29) is 16.8 Å². The van der Waals surface area contributed by atoms with Crippen LogP contribution < -0.4 is 9.46 Å². The lowest BCUT2D eigenvalue weighted by Gasteiger charge is -2.21. The van der Waals surface area contributed by atoms with Crippen molar-refractivity contribution in [3.8, 4) is 5.75 Å². The van der Waals surface area contributed by atoms with E-state index >= 15 is 0 Å². The zero-order chi connectivity index (χ0) is 23.3. The summed E-state index contributed by atoms with van der Waals surface area (Å²) in [6.45, 7) is 0.584. The van der Waals surface area contributed by atoms with Gasteiger partial charge < -0.3 is 9.64 Å². The molecule has 3 aromatic rings. The van der Waals surface area contributed by atoms with E-state index in [0.29, 0.717) is 18.0 Å². The first-order chi connectivity index (χ1) is 16.0. The molecule has 0 unspecified atom stereocenters. The van der Waals surface area contributed by atoms with Crippen LogP contribution in [0.25, 0.3) is 6.08 Å². The van der Waals surface area contributed by atoms with E-state index in [2.05, 4.69) is 4.72 Å². The standard InChI is InChI=1S/C26H26N2O4S/c1-32-25-10-6-5-9-24(25)27-33(30,31)23-16-11-20(12-17-23)13-18-26(29)28(22-14-15-22)19-21-7-3-2-4-8-21/h2-13,16-18,22,27H,14-15,19H2,1H3/b18-13+. The van der Waals surface area contributed by atoms with Gasteiger partial charge in [-0.05, 0) is 54.3 Å². The van der Waals surface area contributed by atoms with Crippen molar-refractivity contribution in [3.63, 3.8) is 0 Å². The number of para-hydroxylation sites is 2. The number of nitrogens with zero attached hydrogens (tertiary/aromatic N) is 1. The first-order valence-electron chi connectivity index (χ1n) is 10.7. The molecule has 0 saturated heterocycles. The number of ether oxygens (including phenoxy) is 1. The Balaban J connectivity index is 1.43. The van der Waals surface area contributed by atoms with Gasteiger partial charge in [0.25, 0.3) is 10.0 Å². The van der Waals surface area contributed by atoms with Gasteiger partial charge in [0.2, 0.25) is 5.91 Å². The van der Waals surface area contributed by atoms with Crippen LogP contribution in [0, 0.1) is 0 Å². The van der Waals surface area contributed by atoms with Gasteiger partial charge in [-0.3, -0.25) is 9.52 Å². The average Bonchev–Trinajstić information content (AvgIpc) is 3.67. The first kappa shape index (κ1) is 22.6. The predicted octanol–water partition coefficient (Wildman–Crippen LogP) is 4.70. The third-order valence-corrected chi connectivity index (χ3v) is 6.81. The molecule has 0 aliphatic heterocycles. The van der Waals surface area contributed by atoms with Crippen molar-refractivity contribution in [1.82, 2.24) is 4.90 Å². The van der Waals surface area contributed by atoms with Crippen molar-refractivity contribution in [2.24, 2.45) is 0 Å². The maximum Gasteiger partial charge on any atom is 0.262 e. The zero-order valence-electron chi connectivity index (χ0n) is 18.3. The highest BCUT2D eigenvalue weighted by molar-refractivity contribution is 7.92. The second-order valence-electron chi connectivity index (χ2n) is 7.89. The van der Waals surface area contributed by atoms with E-state index in [9.17, 15) is 13.2 Å². The lowest BCUT2D eigenvalue weighted by molar-refractivity contribution is -0.127. The minimum Gasteiger partial charge on any atom is -0.495 e. The van der Waals surface area contributed by atoms with Gasteiger partial charge in [-0.25, -0.2) is 8.42 Å². The SMILES string of the molecule is COc1ccccc1NS(=O)(=O)c1ccc(/C=C/C(=O)N(Cc2ccccc2)C2CC2)cc1. The van der Waals surface area contributed by atoms with Crippen LogP contribution in [0.2, 0.25) is 0 Å². The number of anilines is 1. The van der Waals surface area contributed by atoms with Crippen LogP contribution >= 0.6 is 0 Å². The number of carbonyl (C=O) groups excluding carboxylic acids is 1. The van der Waals surface area contributed by atoms with Crippen molar-refractivity contribution in [1.29, 1.82) is 0 Å². The second kappa shape index (κ2) is 9.92. The fraction of sp³-hybridized carbons (Fsp3) is 0.192. The number of benzene rings is 3. The van der Waals surface area contributed by atoms with Gasteiger partial charge in [0.05, 0.1) is 17.7 Å². The molecule has 1 saturated carbocycles. The van der Waals surface area contributed by atoms with Gasteiger partial charge >= 0.3 is 0 Å². The van der Waals surface area contributed by atoms with E-state index in [0.717, 1.165) is 24.0 Å². The predicted molar refractivity (Wildman–Crippen MR) is 129 cm³/mol. The van der Waals surface area contributed by atoms with Crippen molar-refractivity contribution in [2.45, 2.75) is 30.3 Å². The molecule has 7 heteroatoms. The van der Waals surface area contributed by atoms with Crippen LogP contribution in [0.1, 0.15) is 24.0 Å². The first-order valence-corrected chi connectivity index (χ1v) is 12.2. The Morgan fingerprint density at radius 3 is 2.33 bits per heavy atom. The molecule has 33 heavy (non-hydrogen) atoms. The Kier molecular flexibility index (Phi) is 6.79. The molecule has 1 aliphatic rings. The lowest BCUT2D eigenvalue weighted by Crippen LogP contribution is -2.31. The van der Waals surface area contributed by atoms with Crippen molar-refractivity contribution in [2.75, 3.05) is 11.8 Å². The van der Waals surface area contributed by atoms with Gasteiger partial charge in [0.15, 0.2) is 0 Å². The van der Waals surface area contributed by atoms with Gasteiger partial charge in [-0.2, -0.15) is 0 Å². The lowest BCUT2D eigenvalue weighted by atomic mass is 10.2. The Labute approximate surface area is 194 Å². The molecule has 1 amide bonds. The van der Waals surface area contributed by atoms with Crippen molar-refractivity contribution in [3.05, 3.63) is 96.1 Å². The molecule has 1 N–H and O–H groups in total. The molecule has 0 heterocycles. The highest BCUT2D eigenvalue weighted by Crippen LogP contribution is 2.29. The summed E-state index contributed by atoms with van der Waals surface area (Å²) in [4.78, 5) is 14.8. The molecule has 1 aliphatic carbocycles. The zero-order valence-corrected chi connectivity index (χ0v) is 19.2. The molecule has 0 bridgehead atoms. The molecule has 0 spiro atoms. The van der Waals surface area contributed by atoms with Crippen LogP contribution in [-0.4, -0.2) is 32.4 Å². The van der Waals surface area contributed by atoms with Crippen LogP contribution in [-0.2, 0) is 21.4 Å². The number of nitrogens with one attached hydrogen (secondary N) is 1. The minimum absolute atomic E-state index is 0.0455. The average molecular weight is 463 g/mol. The molecule has 3 aromatic carbocycles. The maximum absolute atomic E-state index is 12.8. The summed E-state index contributed by atoms with van der Waals surface area (Å²) in [6.07, 6.45) is 5.32. The molecular formula is C26H26N2O4S. The summed E-state index contributed by atoms with van der Waals surface area (Å²) in [5, 5.41) is 0. The number of carbonyl (C=O) groups is 1. The highest BCUT2D eigenvalue weighted by atomic mass is 32.2. The topological polar surface area (TPSA) is 75.7 Å². The van der Waals surface area contributed by atoms with Crippen LogP contribution in [0.3, 0.4) is 0 Å². The minimum atomic E-state index is -3.77. The number of hydrogen-bond acceptors (Lipinski definition) is 4. The fourth-order valence-electron chi connectivity index (χ4n) is 3.51. The Bertz CT molecular complexity index is 1230. The van der Waals surface area contributed by atoms with Gasteiger partial charge in [-0.1, -0.05) is 54.6 Å². The van der Waals surface area contributed by atoms with Crippen molar-refractivity contribution < 1.29 is 17.9 Å². The van der Waals surface area contributed by atoms with Crippen LogP contribution in [0.15, 0.2) is 89.8 Å². The van der Waals surface area contributed by atoms with E-state index in [1.165, 1.54) is 19.2 Å². The van der Waals surface area contributed by atoms with E-state index in [1.807, 2.05) is 35.2 Å². The Hall–Kier alpha value is -3.58. The van der Waals surface area contributed by atoms with Crippen molar-refractivity contribution >= 4 is 27.7 Å². The van der Waals surface area contributed by atoms with Gasteiger partial charge in [0, 0.05) is 18.7 Å². The molecular weight excluding hydrogens is 436 g/mol. The molecule has 1 fully saturated rings. The largest absolute Gasteiger partial charge is 0.495 e. The molecule has 170 valence electrons. The third kappa shape index (κ3) is 5.81. The van der Waals surface area contributed by atoms with Gasteiger partial charge in [0.1, 0.15) is 5.75 Å². The number of hydrogen-bond donors (Lipinski definition) is 1.